The van der Waals surface area contributed by atoms with E-state index in [4.69, 9.17) is 9.47 Å². The Labute approximate surface area is 167 Å². The van der Waals surface area contributed by atoms with Crippen LogP contribution in [0.15, 0.2) is 12.2 Å². The third-order valence-electron chi connectivity index (χ3n) is 7.52. The van der Waals surface area contributed by atoms with Gasteiger partial charge >= 0.3 is 5.97 Å². The number of aliphatic hydroxyl groups is 3. The Hall–Kier alpha value is -0.950. The third-order valence-corrected chi connectivity index (χ3v) is 7.52. The third kappa shape index (κ3) is 3.42. The van der Waals surface area contributed by atoms with E-state index in [0.717, 1.165) is 18.4 Å². The van der Waals surface area contributed by atoms with Crippen LogP contribution < -0.4 is 0 Å². The summed E-state index contributed by atoms with van der Waals surface area (Å²) in [4.78, 5) is 11.9. The van der Waals surface area contributed by atoms with Gasteiger partial charge in [-0.2, -0.15) is 0 Å². The summed E-state index contributed by atoms with van der Waals surface area (Å²) in [7, 11) is 0. The van der Waals surface area contributed by atoms with E-state index in [1.165, 1.54) is 13.8 Å². The lowest BCUT2D eigenvalue weighted by Crippen LogP contribution is -2.57. The molecule has 9 unspecified atom stereocenters. The lowest BCUT2D eigenvalue weighted by molar-refractivity contribution is -0.189. The van der Waals surface area contributed by atoms with Crippen LogP contribution >= 0.6 is 0 Å². The van der Waals surface area contributed by atoms with Gasteiger partial charge in [0, 0.05) is 18.8 Å². The molecule has 0 aromatic heterocycles. The molecular formula is C22H36O6. The average Bonchev–Trinajstić information content (AvgIpc) is 3.00. The Morgan fingerprint density at radius 3 is 2.50 bits per heavy atom. The quantitative estimate of drug-likeness (QED) is 0.489. The number of aliphatic hydroxyl groups excluding tert-OH is 2. The van der Waals surface area contributed by atoms with E-state index in [1.807, 2.05) is 6.92 Å². The first-order chi connectivity index (χ1) is 12.9. The molecule has 28 heavy (non-hydrogen) atoms. The normalized spacial score (nSPS) is 49.2. The molecule has 9 atom stereocenters. The highest BCUT2D eigenvalue weighted by Crippen LogP contribution is 2.55. The van der Waals surface area contributed by atoms with Gasteiger partial charge in [0.15, 0.2) is 0 Å². The number of esters is 1. The minimum absolute atomic E-state index is 0.0382. The molecule has 0 aromatic rings. The Bertz CT molecular complexity index is 629. The Morgan fingerprint density at radius 1 is 1.29 bits per heavy atom. The summed E-state index contributed by atoms with van der Waals surface area (Å²) in [6, 6.07) is 0. The van der Waals surface area contributed by atoms with Crippen molar-refractivity contribution in [2.75, 3.05) is 0 Å². The predicted octanol–water partition coefficient (Wildman–Crippen LogP) is 2.20. The summed E-state index contributed by atoms with van der Waals surface area (Å²) >= 11 is 0. The SMILES string of the molecule is C=C1CCC(C(C)C)C2C1C1OC2C(C)(OC(C)=O)CCC(O)C(C)(O)C1O. The van der Waals surface area contributed by atoms with Gasteiger partial charge in [-0.15, -0.1) is 0 Å². The van der Waals surface area contributed by atoms with Gasteiger partial charge in [-0.25, -0.2) is 0 Å². The highest BCUT2D eigenvalue weighted by atomic mass is 16.6. The molecule has 2 aliphatic heterocycles. The van der Waals surface area contributed by atoms with Crippen molar-refractivity contribution in [1.82, 2.24) is 0 Å². The number of hydrogen-bond acceptors (Lipinski definition) is 6. The molecular weight excluding hydrogens is 360 g/mol. The monoisotopic (exact) mass is 396 g/mol. The van der Waals surface area contributed by atoms with Crippen LogP contribution in [0.3, 0.4) is 0 Å². The Morgan fingerprint density at radius 2 is 1.93 bits per heavy atom. The van der Waals surface area contributed by atoms with Crippen molar-refractivity contribution in [3.8, 4) is 0 Å². The number of ether oxygens (including phenoxy) is 2. The van der Waals surface area contributed by atoms with Crippen molar-refractivity contribution in [1.29, 1.82) is 0 Å². The molecule has 1 saturated carbocycles. The maximum Gasteiger partial charge on any atom is 0.303 e. The minimum atomic E-state index is -1.73. The molecule has 2 heterocycles. The second-order valence-corrected chi connectivity index (χ2v) is 9.86. The fourth-order valence-corrected chi connectivity index (χ4v) is 5.88. The van der Waals surface area contributed by atoms with E-state index in [1.54, 1.807) is 0 Å². The van der Waals surface area contributed by atoms with E-state index in [2.05, 4.69) is 20.4 Å². The Balaban J connectivity index is 2.13. The highest BCUT2D eigenvalue weighted by Gasteiger charge is 2.62. The first-order valence-corrected chi connectivity index (χ1v) is 10.5. The molecule has 0 aromatic carbocycles. The van der Waals surface area contributed by atoms with Crippen LogP contribution in [0.5, 0.6) is 0 Å². The molecule has 0 amide bonds. The summed E-state index contributed by atoms with van der Waals surface area (Å²) in [6.45, 7) is 13.3. The fourth-order valence-electron chi connectivity index (χ4n) is 5.88. The standard InChI is InChI=1S/C22H36O6/c1-11(2)14-8-7-12(3)16-17(14)20-21(5,28-13(4)23)10-9-15(24)22(6,26)19(25)18(16)27-20/h11,14-20,24-26H,3,7-10H2,1-2,4-6H3. The number of fused-ring (bicyclic) bond motifs is 5. The zero-order valence-corrected chi connectivity index (χ0v) is 17.7. The first kappa shape index (κ1) is 21.8. The summed E-state index contributed by atoms with van der Waals surface area (Å²) in [5.74, 6) is 0.229. The molecule has 3 N–H and O–H groups in total. The minimum Gasteiger partial charge on any atom is -0.457 e. The topological polar surface area (TPSA) is 96.2 Å². The van der Waals surface area contributed by atoms with Crippen molar-refractivity contribution >= 4 is 5.97 Å². The summed E-state index contributed by atoms with van der Waals surface area (Å²) in [5.41, 5.74) is -1.67. The van der Waals surface area contributed by atoms with E-state index >= 15 is 0 Å². The largest absolute Gasteiger partial charge is 0.457 e. The number of rotatable bonds is 2. The molecule has 0 spiro atoms. The summed E-state index contributed by atoms with van der Waals surface area (Å²) < 4.78 is 12.2. The number of carbonyl (C=O) groups is 1. The fraction of sp³-hybridized carbons (Fsp3) is 0.864. The van der Waals surface area contributed by atoms with Crippen LogP contribution in [0.4, 0.5) is 0 Å². The molecule has 3 fully saturated rings. The molecule has 3 aliphatic rings. The van der Waals surface area contributed by atoms with Gasteiger partial charge in [-0.1, -0.05) is 26.0 Å². The molecule has 2 saturated heterocycles. The van der Waals surface area contributed by atoms with Gasteiger partial charge in [0.05, 0.1) is 12.2 Å². The van der Waals surface area contributed by atoms with E-state index in [-0.39, 0.29) is 18.3 Å². The van der Waals surface area contributed by atoms with Crippen molar-refractivity contribution in [3.63, 3.8) is 0 Å². The van der Waals surface area contributed by atoms with Crippen LogP contribution in [0, 0.1) is 23.7 Å². The van der Waals surface area contributed by atoms with Gasteiger partial charge in [-0.05, 0) is 51.4 Å². The van der Waals surface area contributed by atoms with Gasteiger partial charge in [0.25, 0.3) is 0 Å². The van der Waals surface area contributed by atoms with Crippen LogP contribution in [-0.2, 0) is 14.3 Å². The molecule has 160 valence electrons. The lowest BCUT2D eigenvalue weighted by Gasteiger charge is -2.46. The molecule has 3 rings (SSSR count). The number of carbonyl (C=O) groups excluding carboxylic acids is 1. The zero-order chi connectivity index (χ0) is 21.0. The molecule has 2 bridgehead atoms. The first-order valence-electron chi connectivity index (χ1n) is 10.5. The molecule has 6 heteroatoms. The van der Waals surface area contributed by atoms with Crippen LogP contribution in [0.1, 0.15) is 60.3 Å². The lowest BCUT2D eigenvalue weighted by atomic mass is 9.60. The average molecular weight is 397 g/mol. The maximum absolute atomic E-state index is 11.9. The van der Waals surface area contributed by atoms with Crippen LogP contribution in [0.2, 0.25) is 0 Å². The van der Waals surface area contributed by atoms with Crippen molar-refractivity contribution in [2.45, 2.75) is 95.9 Å². The maximum atomic E-state index is 11.9. The Kier molecular flexibility index (Phi) is 5.74. The number of hydrogen-bond donors (Lipinski definition) is 3. The van der Waals surface area contributed by atoms with Crippen molar-refractivity contribution in [3.05, 3.63) is 12.2 Å². The molecule has 1 aliphatic carbocycles. The van der Waals surface area contributed by atoms with E-state index < -0.39 is 41.6 Å². The van der Waals surface area contributed by atoms with Gasteiger partial charge in [-0.3, -0.25) is 4.79 Å². The second kappa shape index (κ2) is 7.38. The second-order valence-electron chi connectivity index (χ2n) is 9.86. The van der Waals surface area contributed by atoms with Gasteiger partial charge < -0.3 is 24.8 Å². The van der Waals surface area contributed by atoms with Gasteiger partial charge in [0.2, 0.25) is 0 Å². The highest BCUT2D eigenvalue weighted by molar-refractivity contribution is 5.66. The van der Waals surface area contributed by atoms with Crippen molar-refractivity contribution < 1.29 is 29.6 Å². The molecule has 6 nitrogen and oxygen atoms in total. The predicted molar refractivity (Wildman–Crippen MR) is 104 cm³/mol. The van der Waals surface area contributed by atoms with E-state index in [0.29, 0.717) is 18.3 Å². The molecule has 0 radical (unpaired) electrons. The van der Waals surface area contributed by atoms with Crippen LogP contribution in [0.25, 0.3) is 0 Å². The van der Waals surface area contributed by atoms with Crippen molar-refractivity contribution in [2.24, 2.45) is 23.7 Å². The summed E-state index contributed by atoms with van der Waals surface area (Å²) in [5, 5.41) is 32.6. The van der Waals surface area contributed by atoms with Crippen LogP contribution in [-0.4, -0.2) is 56.9 Å². The van der Waals surface area contributed by atoms with Gasteiger partial charge in [0.1, 0.15) is 23.4 Å². The zero-order valence-electron chi connectivity index (χ0n) is 17.7. The summed E-state index contributed by atoms with van der Waals surface area (Å²) in [6.07, 6.45) is -1.17. The smallest absolute Gasteiger partial charge is 0.303 e. The van der Waals surface area contributed by atoms with E-state index in [9.17, 15) is 20.1 Å².